The third kappa shape index (κ3) is 15.1. The number of terminal acetylenes is 1. The molecule has 0 aliphatic rings. The smallest absolute Gasteiger partial charge is 0.122 e. The molecular weight excluding hydrogens is 224 g/mol. The van der Waals surface area contributed by atoms with Crippen LogP contribution in [0.3, 0.4) is 0 Å². The van der Waals surface area contributed by atoms with Gasteiger partial charge in [0.1, 0.15) is 12.9 Å². The fraction of sp³-hybridized carbons (Fsp3) is 0.750. The minimum atomic E-state index is 0.317. The molecule has 5 heteroatoms. The SMILES string of the molecule is C#CCOCCOCCOCCOCCC=O. The first-order valence-corrected chi connectivity index (χ1v) is 5.60. The molecule has 0 atom stereocenters. The molecule has 0 amide bonds. The number of ether oxygens (including phenoxy) is 4. The Bertz CT molecular complexity index is 200. The average molecular weight is 244 g/mol. The second-order valence-corrected chi connectivity index (χ2v) is 3.05. The quantitative estimate of drug-likeness (QED) is 0.264. The van der Waals surface area contributed by atoms with Crippen molar-refractivity contribution in [3.8, 4) is 12.3 Å². The highest BCUT2D eigenvalue weighted by Crippen LogP contribution is 1.83. The summed E-state index contributed by atoms with van der Waals surface area (Å²) < 4.78 is 20.6. The monoisotopic (exact) mass is 244 g/mol. The van der Waals surface area contributed by atoms with Crippen LogP contribution in [0, 0.1) is 12.3 Å². The Hall–Kier alpha value is -0.930. The number of hydrogen-bond donors (Lipinski definition) is 0. The molecule has 0 N–H and O–H groups in total. The second kappa shape index (κ2) is 15.1. The number of hydrogen-bond acceptors (Lipinski definition) is 5. The van der Waals surface area contributed by atoms with Crippen LogP contribution in [0.4, 0.5) is 0 Å². The molecule has 98 valence electrons. The highest BCUT2D eigenvalue weighted by atomic mass is 16.6. The molecule has 0 unspecified atom stereocenters. The summed E-state index contributed by atoms with van der Waals surface area (Å²) in [5.41, 5.74) is 0. The topological polar surface area (TPSA) is 54.0 Å². The first-order chi connectivity index (χ1) is 8.41. The molecule has 0 bridgehead atoms. The van der Waals surface area contributed by atoms with E-state index in [1.807, 2.05) is 0 Å². The summed E-state index contributed by atoms with van der Waals surface area (Å²) in [5, 5.41) is 0. The van der Waals surface area contributed by atoms with Crippen LogP contribution in [0.2, 0.25) is 0 Å². The van der Waals surface area contributed by atoms with Gasteiger partial charge in [-0.1, -0.05) is 5.92 Å². The minimum Gasteiger partial charge on any atom is -0.379 e. The van der Waals surface area contributed by atoms with E-state index in [9.17, 15) is 4.79 Å². The Morgan fingerprint density at radius 3 is 1.76 bits per heavy atom. The van der Waals surface area contributed by atoms with Gasteiger partial charge < -0.3 is 23.7 Å². The number of rotatable bonds is 13. The summed E-state index contributed by atoms with van der Waals surface area (Å²) in [6.07, 6.45) is 6.26. The Balaban J connectivity index is 2.89. The zero-order valence-corrected chi connectivity index (χ0v) is 10.1. The fourth-order valence-corrected chi connectivity index (χ4v) is 0.922. The summed E-state index contributed by atoms with van der Waals surface area (Å²) >= 11 is 0. The Morgan fingerprint density at radius 2 is 1.29 bits per heavy atom. The normalized spacial score (nSPS) is 10.1. The van der Waals surface area contributed by atoms with Gasteiger partial charge in [-0.3, -0.25) is 0 Å². The zero-order chi connectivity index (χ0) is 12.6. The van der Waals surface area contributed by atoms with E-state index in [1.165, 1.54) is 0 Å². The summed E-state index contributed by atoms with van der Waals surface area (Å²) in [5.74, 6) is 2.37. The minimum absolute atomic E-state index is 0.317. The van der Waals surface area contributed by atoms with Crippen LogP contribution in [-0.4, -0.2) is 59.1 Å². The molecule has 0 heterocycles. The van der Waals surface area contributed by atoms with E-state index in [0.717, 1.165) is 6.29 Å². The van der Waals surface area contributed by atoms with E-state index in [4.69, 9.17) is 25.4 Å². The molecule has 0 radical (unpaired) electrons. The van der Waals surface area contributed by atoms with Gasteiger partial charge in [0, 0.05) is 6.42 Å². The predicted molar refractivity (Wildman–Crippen MR) is 62.8 cm³/mol. The van der Waals surface area contributed by atoms with Crippen LogP contribution >= 0.6 is 0 Å². The van der Waals surface area contributed by atoms with Gasteiger partial charge in [-0.2, -0.15) is 0 Å². The second-order valence-electron chi connectivity index (χ2n) is 3.05. The fourth-order valence-electron chi connectivity index (χ4n) is 0.922. The summed E-state index contributed by atoms with van der Waals surface area (Å²) in [6.45, 7) is 3.84. The van der Waals surface area contributed by atoms with Gasteiger partial charge in [0.25, 0.3) is 0 Å². The maximum atomic E-state index is 9.96. The lowest BCUT2D eigenvalue weighted by atomic mass is 10.5. The molecule has 17 heavy (non-hydrogen) atoms. The van der Waals surface area contributed by atoms with Crippen LogP contribution in [0.25, 0.3) is 0 Å². The van der Waals surface area contributed by atoms with E-state index in [0.29, 0.717) is 59.3 Å². The molecule has 5 nitrogen and oxygen atoms in total. The zero-order valence-electron chi connectivity index (χ0n) is 10.1. The third-order valence-corrected chi connectivity index (χ3v) is 1.68. The summed E-state index contributed by atoms with van der Waals surface area (Å²) in [6, 6.07) is 0. The van der Waals surface area contributed by atoms with Crippen molar-refractivity contribution in [1.82, 2.24) is 0 Å². The van der Waals surface area contributed by atoms with Gasteiger partial charge >= 0.3 is 0 Å². The Morgan fingerprint density at radius 1 is 0.824 bits per heavy atom. The molecule has 0 aliphatic carbocycles. The first-order valence-electron chi connectivity index (χ1n) is 5.60. The van der Waals surface area contributed by atoms with Crippen LogP contribution < -0.4 is 0 Å². The van der Waals surface area contributed by atoms with Crippen molar-refractivity contribution in [3.05, 3.63) is 0 Å². The third-order valence-electron chi connectivity index (χ3n) is 1.68. The lowest BCUT2D eigenvalue weighted by Gasteiger charge is -2.06. The van der Waals surface area contributed by atoms with Gasteiger partial charge in [-0.15, -0.1) is 6.42 Å². The van der Waals surface area contributed by atoms with Crippen molar-refractivity contribution < 1.29 is 23.7 Å². The van der Waals surface area contributed by atoms with Crippen molar-refractivity contribution in [2.45, 2.75) is 6.42 Å². The molecule has 0 saturated carbocycles. The maximum absolute atomic E-state index is 9.96. The molecule has 0 fully saturated rings. The van der Waals surface area contributed by atoms with Crippen molar-refractivity contribution >= 4 is 6.29 Å². The number of carbonyl (C=O) groups is 1. The van der Waals surface area contributed by atoms with Gasteiger partial charge in [-0.05, 0) is 0 Å². The molecule has 0 aromatic carbocycles. The standard InChI is InChI=1S/C12H20O5/c1-2-5-14-7-9-16-11-12-17-10-8-15-6-3-4-13/h1,4H,3,5-12H2. The molecule has 0 spiro atoms. The first kappa shape index (κ1) is 16.1. The summed E-state index contributed by atoms with van der Waals surface area (Å²) in [4.78, 5) is 9.96. The van der Waals surface area contributed by atoms with Gasteiger partial charge in [0.2, 0.25) is 0 Å². The molecule has 0 rings (SSSR count). The summed E-state index contributed by atoms with van der Waals surface area (Å²) in [7, 11) is 0. The largest absolute Gasteiger partial charge is 0.379 e. The van der Waals surface area contributed by atoms with Crippen molar-refractivity contribution in [3.63, 3.8) is 0 Å². The van der Waals surface area contributed by atoms with Crippen LogP contribution in [-0.2, 0) is 23.7 Å². The van der Waals surface area contributed by atoms with Crippen LogP contribution in [0.5, 0.6) is 0 Å². The molecule has 0 aliphatic heterocycles. The lowest BCUT2D eigenvalue weighted by molar-refractivity contribution is -0.108. The van der Waals surface area contributed by atoms with Crippen molar-refractivity contribution in [2.24, 2.45) is 0 Å². The highest BCUT2D eigenvalue weighted by Gasteiger charge is 1.91. The molecule has 0 aromatic rings. The average Bonchev–Trinajstić information content (AvgIpc) is 2.35. The van der Waals surface area contributed by atoms with E-state index < -0.39 is 0 Å². The molecular formula is C12H20O5. The van der Waals surface area contributed by atoms with E-state index in [2.05, 4.69) is 5.92 Å². The van der Waals surface area contributed by atoms with Crippen LogP contribution in [0.15, 0.2) is 0 Å². The number of carbonyl (C=O) groups excluding carboxylic acids is 1. The Labute approximate surface area is 102 Å². The Kier molecular flexibility index (Phi) is 14.2. The lowest BCUT2D eigenvalue weighted by Crippen LogP contribution is -2.12. The van der Waals surface area contributed by atoms with Gasteiger partial charge in [-0.25, -0.2) is 0 Å². The predicted octanol–water partition coefficient (Wildman–Crippen LogP) is 0.275. The van der Waals surface area contributed by atoms with E-state index in [-0.39, 0.29) is 0 Å². The maximum Gasteiger partial charge on any atom is 0.122 e. The van der Waals surface area contributed by atoms with Crippen molar-refractivity contribution in [1.29, 1.82) is 0 Å². The molecule has 0 saturated heterocycles. The highest BCUT2D eigenvalue weighted by molar-refractivity contribution is 5.49. The van der Waals surface area contributed by atoms with Gasteiger partial charge in [0.05, 0.1) is 46.2 Å². The number of aldehydes is 1. The van der Waals surface area contributed by atoms with Gasteiger partial charge in [0.15, 0.2) is 0 Å². The van der Waals surface area contributed by atoms with Crippen molar-refractivity contribution in [2.75, 3.05) is 52.9 Å². The van der Waals surface area contributed by atoms with E-state index >= 15 is 0 Å². The van der Waals surface area contributed by atoms with Crippen LogP contribution in [0.1, 0.15) is 6.42 Å². The molecule has 0 aromatic heterocycles. The van der Waals surface area contributed by atoms with E-state index in [1.54, 1.807) is 0 Å².